The highest BCUT2D eigenvalue weighted by Crippen LogP contribution is 2.27. The molecule has 0 aromatic heterocycles. The number of thioether (sulfide) groups is 2. The summed E-state index contributed by atoms with van der Waals surface area (Å²) in [4.78, 5) is 30.9. The molecule has 0 bridgehead atoms. The average Bonchev–Trinajstić information content (AvgIpc) is 3.41. The maximum Gasteiger partial charge on any atom is 0.238 e. The molecule has 1 saturated carbocycles. The van der Waals surface area contributed by atoms with Crippen LogP contribution in [0.15, 0.2) is 30.3 Å². The molecule has 1 aromatic carbocycles. The number of benzene rings is 1. The van der Waals surface area contributed by atoms with E-state index < -0.39 is 0 Å². The van der Waals surface area contributed by atoms with E-state index in [1.807, 2.05) is 28.4 Å². The van der Waals surface area contributed by atoms with Crippen LogP contribution in [0.1, 0.15) is 70.8 Å². The van der Waals surface area contributed by atoms with Gasteiger partial charge in [0.2, 0.25) is 11.8 Å². The number of nitrogens with zero attached hydrogens (tertiary/aromatic N) is 2. The lowest BCUT2D eigenvalue weighted by Gasteiger charge is -2.33. The third-order valence-corrected chi connectivity index (χ3v) is 10.7. The van der Waals surface area contributed by atoms with Crippen molar-refractivity contribution in [1.82, 2.24) is 20.4 Å². The van der Waals surface area contributed by atoms with Crippen LogP contribution in [-0.4, -0.2) is 82.5 Å². The molecule has 9 heteroatoms. The minimum atomic E-state index is -0.214. The lowest BCUT2D eigenvalue weighted by Crippen LogP contribution is -2.54. The van der Waals surface area contributed by atoms with E-state index in [0.717, 1.165) is 61.5 Å². The number of nitrogens with one attached hydrogen (secondary N) is 2. The van der Waals surface area contributed by atoms with Gasteiger partial charge in [-0.3, -0.25) is 14.5 Å². The van der Waals surface area contributed by atoms with Gasteiger partial charge in [0.15, 0.2) is 0 Å². The van der Waals surface area contributed by atoms with Crippen molar-refractivity contribution in [1.29, 1.82) is 0 Å². The van der Waals surface area contributed by atoms with Gasteiger partial charge in [-0.25, -0.2) is 0 Å². The second kappa shape index (κ2) is 17.9. The Balaban J connectivity index is 0.00000441. The van der Waals surface area contributed by atoms with E-state index in [-0.39, 0.29) is 42.3 Å². The van der Waals surface area contributed by atoms with Crippen molar-refractivity contribution in [3.63, 3.8) is 0 Å². The third-order valence-electron chi connectivity index (χ3n) is 8.35. The van der Waals surface area contributed by atoms with Crippen molar-refractivity contribution < 1.29 is 9.59 Å². The molecule has 226 valence electrons. The molecule has 2 N–H and O–H groups in total. The van der Waals surface area contributed by atoms with Gasteiger partial charge in [0, 0.05) is 50.1 Å². The fraction of sp³-hybridized carbons (Fsp3) is 0.742. The summed E-state index contributed by atoms with van der Waals surface area (Å²) in [6.07, 6.45) is 9.36. The van der Waals surface area contributed by atoms with Crippen LogP contribution in [-0.2, 0) is 16.1 Å². The van der Waals surface area contributed by atoms with Gasteiger partial charge in [0.25, 0.3) is 0 Å². The second-order valence-corrected chi connectivity index (χ2v) is 14.2. The smallest absolute Gasteiger partial charge is 0.238 e. The number of piperidine rings is 1. The molecule has 2 heterocycles. The second-order valence-electron chi connectivity index (χ2n) is 12.2. The quantitative estimate of drug-likeness (QED) is 0.311. The molecule has 1 aromatic rings. The zero-order chi connectivity index (χ0) is 27.5. The van der Waals surface area contributed by atoms with Gasteiger partial charge in [-0.1, -0.05) is 63.4 Å². The first-order chi connectivity index (χ1) is 19.0. The zero-order valence-electron chi connectivity index (χ0n) is 24.5. The average molecular weight is 611 g/mol. The van der Waals surface area contributed by atoms with Crippen LogP contribution in [0.3, 0.4) is 0 Å². The molecule has 2 atom stereocenters. The van der Waals surface area contributed by atoms with Crippen LogP contribution in [0.5, 0.6) is 0 Å². The Labute approximate surface area is 257 Å². The molecule has 0 radical (unpaired) electrons. The highest BCUT2D eigenvalue weighted by Gasteiger charge is 2.31. The lowest BCUT2D eigenvalue weighted by atomic mass is 9.91. The number of carbonyl (C=O) groups excluding carboxylic acids is 2. The van der Waals surface area contributed by atoms with Crippen molar-refractivity contribution in [3.8, 4) is 0 Å². The molecule has 40 heavy (non-hydrogen) atoms. The Morgan fingerprint density at radius 1 is 1.05 bits per heavy atom. The Morgan fingerprint density at radius 2 is 1.77 bits per heavy atom. The summed E-state index contributed by atoms with van der Waals surface area (Å²) in [6.45, 7) is 7.90. The van der Waals surface area contributed by atoms with Crippen LogP contribution >= 0.6 is 35.9 Å². The largest absolute Gasteiger partial charge is 0.352 e. The monoisotopic (exact) mass is 610 g/mol. The van der Waals surface area contributed by atoms with Gasteiger partial charge in [0.05, 0.1) is 18.0 Å². The van der Waals surface area contributed by atoms with Crippen molar-refractivity contribution in [3.05, 3.63) is 35.9 Å². The molecule has 2 amide bonds. The predicted molar refractivity (Wildman–Crippen MR) is 173 cm³/mol. The summed E-state index contributed by atoms with van der Waals surface area (Å²) >= 11 is 3.77. The van der Waals surface area contributed by atoms with Gasteiger partial charge in [-0.05, 0) is 48.8 Å². The standard InChI is InChI=1S/C31H50N4O2S2.ClH/c1-24(2)17-30(36)35-23-39-21-28(35)18-32-29(22-38-20-26-11-7-4-8-12-26)31(37)33-27-13-15-34(16-14-27)19-25-9-5-3-6-10-25;/h3,5-6,9-10,24,26-29,32H,4,7-8,11-23H2,1-2H3,(H,33,37);1H/t28-,29+;/m1./s1. The van der Waals surface area contributed by atoms with E-state index in [9.17, 15) is 9.59 Å². The lowest BCUT2D eigenvalue weighted by molar-refractivity contribution is -0.132. The number of carbonyl (C=O) groups is 2. The van der Waals surface area contributed by atoms with Crippen LogP contribution in [0, 0.1) is 11.8 Å². The highest BCUT2D eigenvalue weighted by molar-refractivity contribution is 7.99. The first kappa shape index (κ1) is 33.6. The molecule has 3 fully saturated rings. The zero-order valence-corrected chi connectivity index (χ0v) is 27.0. The van der Waals surface area contributed by atoms with Crippen LogP contribution in [0.2, 0.25) is 0 Å². The Morgan fingerprint density at radius 3 is 2.48 bits per heavy atom. The summed E-state index contributed by atoms with van der Waals surface area (Å²) in [6, 6.07) is 10.8. The van der Waals surface area contributed by atoms with Crippen molar-refractivity contribution in [2.24, 2.45) is 11.8 Å². The minimum absolute atomic E-state index is 0. The fourth-order valence-corrected chi connectivity index (χ4v) is 8.52. The van der Waals surface area contributed by atoms with Gasteiger partial charge in [0.1, 0.15) is 0 Å². The molecule has 4 rings (SSSR count). The first-order valence-electron chi connectivity index (χ1n) is 15.2. The molecule has 6 nitrogen and oxygen atoms in total. The van der Waals surface area contributed by atoms with Gasteiger partial charge in [-0.15, -0.1) is 24.2 Å². The van der Waals surface area contributed by atoms with E-state index in [2.05, 4.69) is 59.7 Å². The first-order valence-corrected chi connectivity index (χ1v) is 17.5. The molecule has 3 aliphatic rings. The van der Waals surface area contributed by atoms with Gasteiger partial charge >= 0.3 is 0 Å². The number of likely N-dealkylation sites (tertiary alicyclic amines) is 1. The van der Waals surface area contributed by atoms with Crippen molar-refractivity contribution >= 4 is 47.7 Å². The molecule has 2 aliphatic heterocycles. The Bertz CT molecular complexity index is 879. The number of halogens is 1. The van der Waals surface area contributed by atoms with Gasteiger partial charge < -0.3 is 15.5 Å². The van der Waals surface area contributed by atoms with Crippen molar-refractivity contribution in [2.45, 2.75) is 89.9 Å². The summed E-state index contributed by atoms with van der Waals surface area (Å²) in [5, 5.41) is 7.02. The van der Waals surface area contributed by atoms with Crippen LogP contribution in [0.25, 0.3) is 0 Å². The number of hydrogen-bond acceptors (Lipinski definition) is 6. The van der Waals surface area contributed by atoms with E-state index >= 15 is 0 Å². The van der Waals surface area contributed by atoms with E-state index in [0.29, 0.717) is 18.9 Å². The number of hydrogen-bond donors (Lipinski definition) is 2. The Kier molecular flexibility index (Phi) is 15.0. The summed E-state index contributed by atoms with van der Waals surface area (Å²) in [5.74, 6) is 5.22. The molecule has 0 unspecified atom stereocenters. The highest BCUT2D eigenvalue weighted by atomic mass is 35.5. The maximum absolute atomic E-state index is 13.5. The van der Waals surface area contributed by atoms with Gasteiger partial charge in [-0.2, -0.15) is 11.8 Å². The topological polar surface area (TPSA) is 64.7 Å². The predicted octanol–water partition coefficient (Wildman–Crippen LogP) is 5.41. The maximum atomic E-state index is 13.5. The molecular formula is C31H51ClN4O2S2. The molecule has 2 saturated heterocycles. The summed E-state index contributed by atoms with van der Waals surface area (Å²) < 4.78 is 0. The third kappa shape index (κ3) is 11.0. The number of amides is 2. The normalized spacial score (nSPS) is 21.8. The molecular weight excluding hydrogens is 560 g/mol. The van der Waals surface area contributed by atoms with Crippen LogP contribution < -0.4 is 10.6 Å². The minimum Gasteiger partial charge on any atom is -0.352 e. The van der Waals surface area contributed by atoms with E-state index in [1.165, 1.54) is 37.7 Å². The summed E-state index contributed by atoms with van der Waals surface area (Å²) in [7, 11) is 0. The van der Waals surface area contributed by atoms with E-state index in [1.54, 1.807) is 0 Å². The van der Waals surface area contributed by atoms with Crippen LogP contribution in [0.4, 0.5) is 0 Å². The van der Waals surface area contributed by atoms with Crippen molar-refractivity contribution in [2.75, 3.05) is 42.8 Å². The number of rotatable bonds is 13. The fourth-order valence-electron chi connectivity index (χ4n) is 5.98. The van der Waals surface area contributed by atoms with E-state index in [4.69, 9.17) is 0 Å². The summed E-state index contributed by atoms with van der Waals surface area (Å²) in [5.41, 5.74) is 1.35. The molecule has 1 aliphatic carbocycles. The molecule has 0 spiro atoms. The Hall–Kier alpha value is -0.930. The SMILES string of the molecule is CC(C)CC(=O)N1CSC[C@H]1CN[C@@H](CSCC1CCCCC1)C(=O)NC1CCN(Cc2ccccc2)CC1.Cl.